The van der Waals surface area contributed by atoms with Crippen LogP contribution in [0.1, 0.15) is 52.0 Å². The summed E-state index contributed by atoms with van der Waals surface area (Å²) >= 11 is 0. The maximum absolute atomic E-state index is 12.7. The predicted octanol–water partition coefficient (Wildman–Crippen LogP) is 2.33. The van der Waals surface area contributed by atoms with E-state index >= 15 is 0 Å². The fourth-order valence-corrected chi connectivity index (χ4v) is 3.00. The largest absolute Gasteiger partial charge is 0.464 e. The van der Waals surface area contributed by atoms with Crippen molar-refractivity contribution in [3.8, 4) is 0 Å². The Bertz CT molecular complexity index is 637. The number of esters is 1. The lowest BCUT2D eigenvalue weighted by Crippen LogP contribution is -2.48. The van der Waals surface area contributed by atoms with E-state index in [0.29, 0.717) is 26.0 Å². The van der Waals surface area contributed by atoms with Crippen LogP contribution in [0.5, 0.6) is 0 Å². The summed E-state index contributed by atoms with van der Waals surface area (Å²) in [5.74, 6) is -1.77. The molecule has 1 aromatic heterocycles. The molecule has 1 amide bonds. The maximum atomic E-state index is 12.7. The fourth-order valence-electron chi connectivity index (χ4n) is 3.00. The van der Waals surface area contributed by atoms with Crippen LogP contribution >= 0.6 is 0 Å². The molecule has 0 saturated carbocycles. The summed E-state index contributed by atoms with van der Waals surface area (Å²) in [4.78, 5) is 43.2. The molecule has 6 nitrogen and oxygen atoms in total. The number of carbonyl (C=O) groups is 3. The van der Waals surface area contributed by atoms with E-state index in [4.69, 9.17) is 4.74 Å². The molecule has 0 radical (unpaired) electrons. The lowest BCUT2D eigenvalue weighted by Gasteiger charge is -2.28. The first-order chi connectivity index (χ1) is 11.8. The highest BCUT2D eigenvalue weighted by Gasteiger charge is 2.46. The van der Waals surface area contributed by atoms with E-state index in [2.05, 4.69) is 4.98 Å². The molecular formula is C19H26N2O4. The Kier molecular flexibility index (Phi) is 5.93. The highest BCUT2D eigenvalue weighted by molar-refractivity contribution is 6.38. The second kappa shape index (κ2) is 7.76. The molecule has 0 aliphatic carbocycles. The lowest BCUT2D eigenvalue weighted by molar-refractivity contribution is -0.157. The van der Waals surface area contributed by atoms with Gasteiger partial charge in [0.2, 0.25) is 5.78 Å². The zero-order chi connectivity index (χ0) is 18.6. The van der Waals surface area contributed by atoms with E-state index in [1.165, 1.54) is 4.90 Å². The lowest BCUT2D eigenvalue weighted by atomic mass is 9.89. The zero-order valence-corrected chi connectivity index (χ0v) is 15.3. The van der Waals surface area contributed by atoms with Crippen molar-refractivity contribution in [1.29, 1.82) is 0 Å². The van der Waals surface area contributed by atoms with Crippen LogP contribution in [-0.4, -0.2) is 46.7 Å². The quantitative estimate of drug-likeness (QED) is 0.604. The minimum Gasteiger partial charge on any atom is -0.464 e. The molecule has 0 bridgehead atoms. The molecule has 1 fully saturated rings. The van der Waals surface area contributed by atoms with Gasteiger partial charge in [-0.25, -0.2) is 4.79 Å². The molecule has 2 rings (SSSR count). The van der Waals surface area contributed by atoms with Gasteiger partial charge in [0.05, 0.1) is 6.61 Å². The molecule has 6 heteroatoms. The van der Waals surface area contributed by atoms with Crippen LogP contribution in [0, 0.1) is 5.41 Å². The number of ether oxygens (including phenoxy) is 1. The molecule has 2 heterocycles. The van der Waals surface area contributed by atoms with E-state index in [9.17, 15) is 14.4 Å². The normalized spacial score (nSPS) is 20.4. The first-order valence-corrected chi connectivity index (χ1v) is 8.69. The van der Waals surface area contributed by atoms with Crippen LogP contribution < -0.4 is 0 Å². The van der Waals surface area contributed by atoms with E-state index in [0.717, 1.165) is 5.56 Å². The minimum atomic E-state index is -0.790. The Labute approximate surface area is 148 Å². The van der Waals surface area contributed by atoms with Crippen molar-refractivity contribution in [2.75, 3.05) is 13.2 Å². The van der Waals surface area contributed by atoms with E-state index in [-0.39, 0.29) is 5.92 Å². The van der Waals surface area contributed by atoms with Gasteiger partial charge < -0.3 is 9.64 Å². The molecule has 25 heavy (non-hydrogen) atoms. The van der Waals surface area contributed by atoms with Gasteiger partial charge in [0.25, 0.3) is 5.91 Å². The zero-order valence-electron chi connectivity index (χ0n) is 15.3. The van der Waals surface area contributed by atoms with Crippen LogP contribution in [0.2, 0.25) is 0 Å². The number of ketones is 1. The van der Waals surface area contributed by atoms with Gasteiger partial charge >= 0.3 is 5.97 Å². The summed E-state index contributed by atoms with van der Waals surface area (Å²) < 4.78 is 5.31. The molecule has 1 aliphatic rings. The Balaban J connectivity index is 2.31. The number of amides is 1. The van der Waals surface area contributed by atoms with Crippen molar-refractivity contribution < 1.29 is 19.1 Å². The third kappa shape index (κ3) is 4.24. The Hall–Kier alpha value is -2.24. The summed E-state index contributed by atoms with van der Waals surface area (Å²) in [6, 6.07) is 2.90. The number of carbonyl (C=O) groups excluding carboxylic acids is 3. The van der Waals surface area contributed by atoms with Gasteiger partial charge in [0.15, 0.2) is 0 Å². The van der Waals surface area contributed by atoms with Gasteiger partial charge in [0.1, 0.15) is 6.04 Å². The second-order valence-corrected chi connectivity index (χ2v) is 7.37. The van der Waals surface area contributed by atoms with Crippen LogP contribution in [0.25, 0.3) is 0 Å². The monoisotopic (exact) mass is 346 g/mol. The number of hydrogen-bond donors (Lipinski definition) is 0. The van der Waals surface area contributed by atoms with Crippen molar-refractivity contribution in [3.63, 3.8) is 0 Å². The van der Waals surface area contributed by atoms with Crippen molar-refractivity contribution >= 4 is 17.7 Å². The van der Waals surface area contributed by atoms with Gasteiger partial charge in [-0.15, -0.1) is 0 Å². The second-order valence-electron chi connectivity index (χ2n) is 7.37. The molecule has 136 valence electrons. The van der Waals surface area contributed by atoms with Crippen LogP contribution in [-0.2, 0) is 19.1 Å². The number of rotatable bonds is 5. The van der Waals surface area contributed by atoms with Crippen LogP contribution in [0.4, 0.5) is 0 Å². The number of hydrogen-bond acceptors (Lipinski definition) is 5. The van der Waals surface area contributed by atoms with Crippen LogP contribution in [0.3, 0.4) is 0 Å². The number of Topliss-reactive ketones (excluding diaryl/α,β-unsaturated/α-hetero) is 1. The van der Waals surface area contributed by atoms with E-state index in [1.54, 1.807) is 39.2 Å². The number of pyridine rings is 1. The molecule has 1 unspecified atom stereocenters. The summed E-state index contributed by atoms with van der Waals surface area (Å²) in [7, 11) is 0. The summed E-state index contributed by atoms with van der Waals surface area (Å²) in [5, 5.41) is 0. The van der Waals surface area contributed by atoms with Gasteiger partial charge in [0, 0.05) is 30.3 Å². The van der Waals surface area contributed by atoms with Gasteiger partial charge in [-0.1, -0.05) is 33.8 Å². The van der Waals surface area contributed by atoms with Crippen molar-refractivity contribution in [2.45, 2.75) is 52.5 Å². The summed E-state index contributed by atoms with van der Waals surface area (Å²) in [6.07, 6.45) is 4.66. The molecule has 1 aliphatic heterocycles. The maximum Gasteiger partial charge on any atom is 0.329 e. The standard InChI is InChI=1S/C19H26N2O4/c1-5-11-25-18(24)15-14(13-7-6-9-20-12-13)8-10-21(15)17(23)16(22)19(2,3)4/h6-7,9,12,14-15H,5,8,10-11H2,1-4H3/t14?,15-/m0/s1. The first kappa shape index (κ1) is 19.1. The molecule has 1 saturated heterocycles. The molecule has 1 aromatic rings. The van der Waals surface area contributed by atoms with E-state index in [1.807, 2.05) is 13.0 Å². The average molecular weight is 346 g/mol. The Morgan fingerprint density at radius 2 is 2.04 bits per heavy atom. The van der Waals surface area contributed by atoms with Crippen molar-refractivity contribution in [3.05, 3.63) is 30.1 Å². The SMILES string of the molecule is CCCOC(=O)[C@@H]1C(c2cccnc2)CCN1C(=O)C(=O)C(C)(C)C. The predicted molar refractivity (Wildman–Crippen MR) is 92.8 cm³/mol. The summed E-state index contributed by atoms with van der Waals surface area (Å²) in [5.41, 5.74) is 0.0842. The number of aromatic nitrogens is 1. The molecule has 2 atom stereocenters. The minimum absolute atomic E-state index is 0.213. The smallest absolute Gasteiger partial charge is 0.329 e. The Morgan fingerprint density at radius 1 is 1.32 bits per heavy atom. The Morgan fingerprint density at radius 3 is 2.60 bits per heavy atom. The molecule has 0 N–H and O–H groups in total. The highest BCUT2D eigenvalue weighted by atomic mass is 16.5. The van der Waals surface area contributed by atoms with Crippen LogP contribution in [0.15, 0.2) is 24.5 Å². The molecule has 0 aromatic carbocycles. The molecule has 0 spiro atoms. The topological polar surface area (TPSA) is 76.6 Å². The van der Waals surface area contributed by atoms with Gasteiger partial charge in [-0.3, -0.25) is 14.6 Å². The van der Waals surface area contributed by atoms with E-state index < -0.39 is 29.1 Å². The molecular weight excluding hydrogens is 320 g/mol. The number of nitrogens with zero attached hydrogens (tertiary/aromatic N) is 2. The van der Waals surface area contributed by atoms with Gasteiger partial charge in [-0.2, -0.15) is 0 Å². The average Bonchev–Trinajstić information content (AvgIpc) is 3.03. The van der Waals surface area contributed by atoms with Crippen molar-refractivity contribution in [1.82, 2.24) is 9.88 Å². The third-order valence-electron chi connectivity index (χ3n) is 4.34. The fraction of sp³-hybridized carbons (Fsp3) is 0.579. The highest BCUT2D eigenvalue weighted by Crippen LogP contribution is 2.35. The summed E-state index contributed by atoms with van der Waals surface area (Å²) in [6.45, 7) is 7.66. The van der Waals surface area contributed by atoms with Gasteiger partial charge in [-0.05, 0) is 24.5 Å². The third-order valence-corrected chi connectivity index (χ3v) is 4.34. The van der Waals surface area contributed by atoms with Crippen molar-refractivity contribution in [2.24, 2.45) is 5.41 Å². The first-order valence-electron chi connectivity index (χ1n) is 8.69. The number of likely N-dealkylation sites (tertiary alicyclic amines) is 1.